The third kappa shape index (κ3) is 4.33. The molecule has 1 amide bonds. The minimum Gasteiger partial charge on any atom is -0.369 e. The van der Waals surface area contributed by atoms with Gasteiger partial charge >= 0.3 is 0 Å². The molecule has 1 fully saturated rings. The van der Waals surface area contributed by atoms with Crippen molar-refractivity contribution in [2.45, 2.75) is 44.6 Å². The molecule has 5 heteroatoms. The molecule has 0 radical (unpaired) electrons. The van der Waals surface area contributed by atoms with Gasteiger partial charge < -0.3 is 16.0 Å². The summed E-state index contributed by atoms with van der Waals surface area (Å²) in [7, 11) is 0. The van der Waals surface area contributed by atoms with Crippen LogP contribution in [0.2, 0.25) is 0 Å². The SMILES string of the molecule is NC(=O)[C@H]1CCCN(CCCN[C@@H]2CCCc3cc(F)ccc32)C1. The molecule has 0 aromatic heterocycles. The average Bonchev–Trinajstić information content (AvgIpc) is 2.58. The summed E-state index contributed by atoms with van der Waals surface area (Å²) >= 11 is 0. The molecule has 4 nitrogen and oxygen atoms in total. The van der Waals surface area contributed by atoms with E-state index in [-0.39, 0.29) is 17.6 Å². The lowest BCUT2D eigenvalue weighted by Crippen LogP contribution is -2.42. The number of benzene rings is 1. The number of nitrogens with one attached hydrogen (secondary N) is 1. The van der Waals surface area contributed by atoms with Crippen LogP contribution in [0.25, 0.3) is 0 Å². The maximum Gasteiger partial charge on any atom is 0.221 e. The number of halogens is 1. The van der Waals surface area contributed by atoms with Gasteiger partial charge in [-0.2, -0.15) is 0 Å². The van der Waals surface area contributed by atoms with Gasteiger partial charge in [0.2, 0.25) is 5.91 Å². The van der Waals surface area contributed by atoms with E-state index in [4.69, 9.17) is 5.73 Å². The normalized spacial score (nSPS) is 24.5. The molecule has 2 atom stereocenters. The van der Waals surface area contributed by atoms with Crippen LogP contribution in [0.5, 0.6) is 0 Å². The van der Waals surface area contributed by atoms with E-state index in [0.717, 1.165) is 70.3 Å². The van der Waals surface area contributed by atoms with Crippen LogP contribution in [0, 0.1) is 11.7 Å². The molecular formula is C19H28FN3O. The highest BCUT2D eigenvalue weighted by atomic mass is 19.1. The molecule has 1 aliphatic heterocycles. The van der Waals surface area contributed by atoms with Crippen molar-refractivity contribution in [3.8, 4) is 0 Å². The first-order valence-electron chi connectivity index (χ1n) is 9.17. The van der Waals surface area contributed by atoms with E-state index in [1.165, 1.54) is 5.56 Å². The van der Waals surface area contributed by atoms with Crippen molar-refractivity contribution >= 4 is 5.91 Å². The second-order valence-electron chi connectivity index (χ2n) is 7.14. The number of carbonyl (C=O) groups is 1. The Hall–Kier alpha value is -1.46. The van der Waals surface area contributed by atoms with Crippen molar-refractivity contribution in [1.29, 1.82) is 0 Å². The van der Waals surface area contributed by atoms with Gasteiger partial charge in [0.05, 0.1) is 5.92 Å². The molecule has 3 rings (SSSR count). The highest BCUT2D eigenvalue weighted by Gasteiger charge is 2.24. The van der Waals surface area contributed by atoms with Crippen LogP contribution in [-0.2, 0) is 11.2 Å². The molecule has 2 aliphatic rings. The summed E-state index contributed by atoms with van der Waals surface area (Å²) < 4.78 is 13.4. The number of nitrogens with two attached hydrogens (primary N) is 1. The van der Waals surface area contributed by atoms with Gasteiger partial charge in [0, 0.05) is 12.6 Å². The lowest BCUT2D eigenvalue weighted by Gasteiger charge is -2.31. The quantitative estimate of drug-likeness (QED) is 0.786. The van der Waals surface area contributed by atoms with Crippen LogP contribution >= 0.6 is 0 Å². The number of aryl methyl sites for hydroxylation is 1. The number of nitrogens with zero attached hydrogens (tertiary/aromatic N) is 1. The van der Waals surface area contributed by atoms with E-state index < -0.39 is 0 Å². The Labute approximate surface area is 143 Å². The highest BCUT2D eigenvalue weighted by Crippen LogP contribution is 2.30. The zero-order valence-corrected chi connectivity index (χ0v) is 14.3. The van der Waals surface area contributed by atoms with Crippen molar-refractivity contribution in [3.63, 3.8) is 0 Å². The molecule has 0 unspecified atom stereocenters. The summed E-state index contributed by atoms with van der Waals surface area (Å²) in [5.74, 6) is -0.279. The molecule has 1 aromatic rings. The van der Waals surface area contributed by atoms with Gasteiger partial charge in [0.15, 0.2) is 0 Å². The van der Waals surface area contributed by atoms with Gasteiger partial charge in [-0.1, -0.05) is 6.07 Å². The molecule has 0 bridgehead atoms. The number of rotatable bonds is 6. The van der Waals surface area contributed by atoms with Crippen LogP contribution in [0.15, 0.2) is 18.2 Å². The standard InChI is InChI=1S/C19H28FN3O/c20-16-7-8-17-14(12-16)4-1-6-18(17)22-9-3-11-23-10-2-5-15(13-23)19(21)24/h7-8,12,15,18,22H,1-6,9-11,13H2,(H2,21,24)/t15-,18+/m0/s1. The lowest BCUT2D eigenvalue weighted by atomic mass is 9.87. The predicted molar refractivity (Wildman–Crippen MR) is 93.1 cm³/mol. The van der Waals surface area contributed by atoms with Crippen LogP contribution in [0.1, 0.15) is 49.3 Å². The average molecular weight is 333 g/mol. The van der Waals surface area contributed by atoms with Gasteiger partial charge in [-0.05, 0) is 81.4 Å². The minimum absolute atomic E-state index is 0.0202. The first kappa shape index (κ1) is 17.4. The Kier molecular flexibility index (Phi) is 5.85. The Morgan fingerprint density at radius 2 is 2.21 bits per heavy atom. The van der Waals surface area contributed by atoms with E-state index in [2.05, 4.69) is 10.2 Å². The molecule has 132 valence electrons. The maximum absolute atomic E-state index is 13.4. The van der Waals surface area contributed by atoms with E-state index in [9.17, 15) is 9.18 Å². The van der Waals surface area contributed by atoms with E-state index in [1.54, 1.807) is 12.1 Å². The number of amides is 1. The number of piperidine rings is 1. The smallest absolute Gasteiger partial charge is 0.221 e. The van der Waals surface area contributed by atoms with E-state index >= 15 is 0 Å². The largest absolute Gasteiger partial charge is 0.369 e. The van der Waals surface area contributed by atoms with Crippen molar-refractivity contribution in [1.82, 2.24) is 10.2 Å². The molecule has 0 saturated carbocycles. The number of likely N-dealkylation sites (tertiary alicyclic amines) is 1. The summed E-state index contributed by atoms with van der Waals surface area (Å²) in [6.45, 7) is 3.81. The Morgan fingerprint density at radius 1 is 1.33 bits per heavy atom. The molecule has 1 aromatic carbocycles. The molecule has 1 aliphatic carbocycles. The fourth-order valence-electron chi connectivity index (χ4n) is 4.06. The maximum atomic E-state index is 13.4. The Morgan fingerprint density at radius 3 is 3.04 bits per heavy atom. The van der Waals surface area contributed by atoms with Crippen LogP contribution < -0.4 is 11.1 Å². The Bertz CT molecular complexity index is 578. The van der Waals surface area contributed by atoms with Crippen LogP contribution in [0.3, 0.4) is 0 Å². The Balaban J connectivity index is 1.44. The second-order valence-corrected chi connectivity index (χ2v) is 7.14. The molecule has 1 heterocycles. The zero-order valence-electron chi connectivity index (χ0n) is 14.3. The molecule has 24 heavy (non-hydrogen) atoms. The van der Waals surface area contributed by atoms with Gasteiger partial charge in [-0.25, -0.2) is 4.39 Å². The van der Waals surface area contributed by atoms with Crippen LogP contribution in [0.4, 0.5) is 4.39 Å². The van der Waals surface area contributed by atoms with Crippen molar-refractivity contribution < 1.29 is 9.18 Å². The van der Waals surface area contributed by atoms with Crippen molar-refractivity contribution in [2.24, 2.45) is 11.7 Å². The summed E-state index contributed by atoms with van der Waals surface area (Å²) in [5, 5.41) is 3.63. The number of primary amides is 1. The first-order valence-corrected chi connectivity index (χ1v) is 9.17. The number of hydrogen-bond acceptors (Lipinski definition) is 3. The number of hydrogen-bond donors (Lipinski definition) is 2. The number of carbonyl (C=O) groups excluding carboxylic acids is 1. The zero-order chi connectivity index (χ0) is 16.9. The van der Waals surface area contributed by atoms with E-state index in [1.807, 2.05) is 6.07 Å². The van der Waals surface area contributed by atoms with Gasteiger partial charge in [-0.15, -0.1) is 0 Å². The molecule has 3 N–H and O–H groups in total. The third-order valence-corrected chi connectivity index (χ3v) is 5.37. The molecule has 1 saturated heterocycles. The molecular weight excluding hydrogens is 305 g/mol. The van der Waals surface area contributed by atoms with Crippen molar-refractivity contribution in [3.05, 3.63) is 35.1 Å². The van der Waals surface area contributed by atoms with Gasteiger partial charge in [0.1, 0.15) is 5.82 Å². The second kappa shape index (κ2) is 8.08. The fraction of sp³-hybridized carbons (Fsp3) is 0.632. The van der Waals surface area contributed by atoms with Gasteiger partial charge in [-0.3, -0.25) is 4.79 Å². The van der Waals surface area contributed by atoms with E-state index in [0.29, 0.717) is 6.04 Å². The minimum atomic E-state index is -0.163. The highest BCUT2D eigenvalue weighted by molar-refractivity contribution is 5.76. The number of fused-ring (bicyclic) bond motifs is 1. The lowest BCUT2D eigenvalue weighted by molar-refractivity contribution is -0.123. The fourth-order valence-corrected chi connectivity index (χ4v) is 4.06. The molecule has 0 spiro atoms. The topological polar surface area (TPSA) is 58.4 Å². The predicted octanol–water partition coefficient (Wildman–Crippen LogP) is 2.38. The summed E-state index contributed by atoms with van der Waals surface area (Å²) in [6, 6.07) is 5.52. The van der Waals surface area contributed by atoms with Crippen molar-refractivity contribution in [2.75, 3.05) is 26.2 Å². The third-order valence-electron chi connectivity index (χ3n) is 5.37. The van der Waals surface area contributed by atoms with Gasteiger partial charge in [0.25, 0.3) is 0 Å². The summed E-state index contributed by atoms with van der Waals surface area (Å²) in [5.41, 5.74) is 7.84. The monoisotopic (exact) mass is 333 g/mol. The summed E-state index contributed by atoms with van der Waals surface area (Å²) in [6.07, 6.45) is 6.25. The summed E-state index contributed by atoms with van der Waals surface area (Å²) in [4.78, 5) is 13.7. The first-order chi connectivity index (χ1) is 11.6. The van der Waals surface area contributed by atoms with Crippen LogP contribution in [-0.4, -0.2) is 37.0 Å².